The fourth-order valence-electron chi connectivity index (χ4n) is 8.71. The zero-order valence-electron chi connectivity index (χ0n) is 31.3. The van der Waals surface area contributed by atoms with Gasteiger partial charge < -0.3 is 14.3 Å². The molecule has 9 aromatic carbocycles. The predicted molar refractivity (Wildman–Crippen MR) is 240 cm³/mol. The summed E-state index contributed by atoms with van der Waals surface area (Å²) in [6.45, 7) is 0. The fraction of sp³-hybridized carbons (Fsp3) is 0.0189. The van der Waals surface area contributed by atoms with Crippen molar-refractivity contribution in [2.75, 3.05) is 0 Å². The molecule has 272 valence electrons. The summed E-state index contributed by atoms with van der Waals surface area (Å²) in [6, 6.07) is 68.8. The maximum Gasteiger partial charge on any atom is 0.159 e. The van der Waals surface area contributed by atoms with Gasteiger partial charge >= 0.3 is 0 Å². The number of aromatic nitrogens is 1. The molecule has 58 heavy (non-hydrogen) atoms. The van der Waals surface area contributed by atoms with Gasteiger partial charge in [-0.05, 0) is 92.8 Å². The monoisotopic (exact) mass is 742 g/mol. The van der Waals surface area contributed by atoms with Gasteiger partial charge in [-0.3, -0.25) is 0 Å². The molecule has 2 aromatic heterocycles. The van der Waals surface area contributed by atoms with Gasteiger partial charge in [0.2, 0.25) is 0 Å². The van der Waals surface area contributed by atoms with Gasteiger partial charge in [0.15, 0.2) is 5.84 Å². The van der Waals surface area contributed by atoms with E-state index >= 15 is 0 Å². The molecule has 1 aliphatic rings. The van der Waals surface area contributed by atoms with Gasteiger partial charge in [-0.2, -0.15) is 0 Å². The number of hydrogen-bond donors (Lipinski definition) is 1. The Kier molecular flexibility index (Phi) is 7.23. The minimum Gasteiger partial charge on any atom is -0.456 e. The van der Waals surface area contributed by atoms with Gasteiger partial charge in [0.1, 0.15) is 23.2 Å². The number of aliphatic imine (C=N–C) groups is 2. The Balaban J connectivity index is 0.971. The van der Waals surface area contributed by atoms with E-state index in [9.17, 15) is 0 Å². The quantitative estimate of drug-likeness (QED) is 0.191. The number of nitrogens with one attached hydrogen (secondary N) is 1. The summed E-state index contributed by atoms with van der Waals surface area (Å²) in [5.41, 5.74) is 10.4. The second-order valence-corrected chi connectivity index (χ2v) is 15.1. The minimum absolute atomic E-state index is 0.332. The van der Waals surface area contributed by atoms with Crippen molar-refractivity contribution in [3.05, 3.63) is 211 Å². The van der Waals surface area contributed by atoms with E-state index in [0.29, 0.717) is 5.84 Å². The summed E-state index contributed by atoms with van der Waals surface area (Å²) in [6.07, 6.45) is -0.332. The first-order valence-corrected chi connectivity index (χ1v) is 19.7. The van der Waals surface area contributed by atoms with Gasteiger partial charge in [-0.15, -0.1) is 0 Å². The summed E-state index contributed by atoms with van der Waals surface area (Å²) in [5.74, 6) is 1.44. The second kappa shape index (κ2) is 12.9. The smallest absolute Gasteiger partial charge is 0.159 e. The summed E-state index contributed by atoms with van der Waals surface area (Å²) >= 11 is 0. The zero-order chi connectivity index (χ0) is 38.2. The maximum absolute atomic E-state index is 6.61. The Morgan fingerprint density at radius 1 is 0.431 bits per heavy atom. The van der Waals surface area contributed by atoms with Crippen molar-refractivity contribution in [1.29, 1.82) is 0 Å². The first-order chi connectivity index (χ1) is 28.7. The molecule has 5 heteroatoms. The highest BCUT2D eigenvalue weighted by atomic mass is 16.3. The third-order valence-corrected chi connectivity index (χ3v) is 11.6. The molecule has 1 aliphatic heterocycles. The van der Waals surface area contributed by atoms with Crippen LogP contribution < -0.4 is 5.32 Å². The van der Waals surface area contributed by atoms with E-state index in [2.05, 4.69) is 204 Å². The van der Waals surface area contributed by atoms with Crippen LogP contribution >= 0.6 is 0 Å². The highest BCUT2D eigenvalue weighted by Crippen LogP contribution is 2.38. The van der Waals surface area contributed by atoms with Crippen LogP contribution in [0.2, 0.25) is 0 Å². The van der Waals surface area contributed by atoms with E-state index in [1.807, 2.05) is 0 Å². The highest BCUT2D eigenvalue weighted by molar-refractivity contribution is 6.16. The SMILES string of the molecule is c1ccc(-c2ccc3c4ccccc4n(-c4ccc5oc6cc(C7=NC(c8ccc9ccccc9c8)=NC(c8ccc9ccccc9c8)N7)ccc6c5c4)c3c2)cc1. The van der Waals surface area contributed by atoms with E-state index < -0.39 is 0 Å². The molecule has 3 heterocycles. The summed E-state index contributed by atoms with van der Waals surface area (Å²) < 4.78 is 8.99. The Morgan fingerprint density at radius 2 is 1.12 bits per heavy atom. The molecule has 0 saturated heterocycles. The Hall–Kier alpha value is -7.76. The summed E-state index contributed by atoms with van der Waals surface area (Å²) in [7, 11) is 0. The van der Waals surface area contributed by atoms with Crippen LogP contribution in [-0.4, -0.2) is 16.2 Å². The number of amidine groups is 2. The lowest BCUT2D eigenvalue weighted by Gasteiger charge is -2.24. The van der Waals surface area contributed by atoms with Crippen molar-refractivity contribution < 1.29 is 4.42 Å². The van der Waals surface area contributed by atoms with Crippen LogP contribution in [0.3, 0.4) is 0 Å². The van der Waals surface area contributed by atoms with Gasteiger partial charge in [0.25, 0.3) is 0 Å². The molecule has 0 saturated carbocycles. The number of nitrogens with zero attached hydrogens (tertiary/aromatic N) is 3. The zero-order valence-corrected chi connectivity index (χ0v) is 31.3. The molecule has 1 atom stereocenters. The first kappa shape index (κ1) is 32.5. The van der Waals surface area contributed by atoms with E-state index in [-0.39, 0.29) is 6.17 Å². The minimum atomic E-state index is -0.332. The Bertz CT molecular complexity index is 3500. The van der Waals surface area contributed by atoms with E-state index in [4.69, 9.17) is 14.4 Å². The van der Waals surface area contributed by atoms with Gasteiger partial charge in [-0.25, -0.2) is 9.98 Å². The number of fused-ring (bicyclic) bond motifs is 8. The lowest BCUT2D eigenvalue weighted by molar-refractivity contribution is 0.666. The van der Waals surface area contributed by atoms with Crippen molar-refractivity contribution in [3.63, 3.8) is 0 Å². The fourth-order valence-corrected chi connectivity index (χ4v) is 8.71. The van der Waals surface area contributed by atoms with Crippen LogP contribution in [0.15, 0.2) is 209 Å². The van der Waals surface area contributed by atoms with Gasteiger partial charge in [0.05, 0.1) is 11.0 Å². The van der Waals surface area contributed by atoms with Crippen molar-refractivity contribution in [2.24, 2.45) is 9.98 Å². The van der Waals surface area contributed by atoms with Gasteiger partial charge in [0, 0.05) is 38.4 Å². The Labute approximate surface area is 333 Å². The first-order valence-electron chi connectivity index (χ1n) is 19.7. The van der Waals surface area contributed by atoms with E-state index in [1.54, 1.807) is 0 Å². The number of para-hydroxylation sites is 1. The average molecular weight is 743 g/mol. The van der Waals surface area contributed by atoms with Crippen LogP contribution in [-0.2, 0) is 0 Å². The standard InChI is InChI=1S/C53H34N4O/c1-2-10-33(11-3-1)38-22-25-44-43-16-8-9-17-47(43)57(48(44)30-38)42-24-27-49-46(32-42)45-26-23-41(31-50(45)58-49)53-55-51(39-20-18-34-12-4-6-14-36(34)28-39)54-52(56-53)40-21-19-35-13-5-7-15-37(35)29-40/h1-32,51H,(H,54,55,56). The van der Waals surface area contributed by atoms with Crippen LogP contribution in [0.25, 0.3) is 82.1 Å². The number of benzene rings is 9. The van der Waals surface area contributed by atoms with Crippen LogP contribution in [0.1, 0.15) is 22.9 Å². The average Bonchev–Trinajstić information content (AvgIpc) is 3.83. The van der Waals surface area contributed by atoms with Crippen molar-refractivity contribution in [1.82, 2.24) is 9.88 Å². The molecular formula is C53H34N4O. The second-order valence-electron chi connectivity index (χ2n) is 15.1. The molecule has 11 aromatic rings. The molecular weight excluding hydrogens is 709 g/mol. The largest absolute Gasteiger partial charge is 0.456 e. The molecule has 0 fully saturated rings. The molecule has 0 spiro atoms. The molecule has 12 rings (SSSR count). The third-order valence-electron chi connectivity index (χ3n) is 11.6. The number of furan rings is 1. The molecule has 0 bridgehead atoms. The summed E-state index contributed by atoms with van der Waals surface area (Å²) in [5, 5.41) is 13.0. The number of rotatable bonds is 5. The Morgan fingerprint density at radius 3 is 1.98 bits per heavy atom. The molecule has 1 N–H and O–H groups in total. The van der Waals surface area contributed by atoms with Crippen LogP contribution in [0, 0.1) is 0 Å². The third kappa shape index (κ3) is 5.32. The van der Waals surface area contributed by atoms with E-state index in [1.165, 1.54) is 49.1 Å². The normalized spacial score (nSPS) is 14.4. The molecule has 0 amide bonds. The van der Waals surface area contributed by atoms with Crippen LogP contribution in [0.5, 0.6) is 0 Å². The van der Waals surface area contributed by atoms with Crippen LogP contribution in [0.4, 0.5) is 0 Å². The van der Waals surface area contributed by atoms with Crippen molar-refractivity contribution >= 4 is 77.0 Å². The topological polar surface area (TPSA) is 54.8 Å². The summed E-state index contributed by atoms with van der Waals surface area (Å²) in [4.78, 5) is 10.4. The van der Waals surface area contributed by atoms with E-state index in [0.717, 1.165) is 55.5 Å². The molecule has 5 nitrogen and oxygen atoms in total. The van der Waals surface area contributed by atoms with Crippen molar-refractivity contribution in [2.45, 2.75) is 6.17 Å². The molecule has 1 unspecified atom stereocenters. The lowest BCUT2D eigenvalue weighted by atomic mass is 10.0. The maximum atomic E-state index is 6.61. The molecule has 0 aliphatic carbocycles. The molecule has 0 radical (unpaired) electrons. The van der Waals surface area contributed by atoms with Crippen molar-refractivity contribution in [3.8, 4) is 16.8 Å². The van der Waals surface area contributed by atoms with Gasteiger partial charge in [-0.1, -0.05) is 140 Å². The number of hydrogen-bond acceptors (Lipinski definition) is 4. The highest BCUT2D eigenvalue weighted by Gasteiger charge is 2.23. The lowest BCUT2D eigenvalue weighted by Crippen LogP contribution is -2.33. The predicted octanol–water partition coefficient (Wildman–Crippen LogP) is 13.2.